The largest absolute Gasteiger partial charge is 0.390 e. The van der Waals surface area contributed by atoms with Crippen molar-refractivity contribution in [3.05, 3.63) is 71.3 Å². The maximum absolute atomic E-state index is 12.6. The van der Waals surface area contributed by atoms with Crippen molar-refractivity contribution < 1.29 is 14.7 Å². The van der Waals surface area contributed by atoms with Crippen LogP contribution in [0.3, 0.4) is 0 Å². The molecule has 1 aliphatic rings. The van der Waals surface area contributed by atoms with Crippen LogP contribution in [-0.4, -0.2) is 48.3 Å². The standard InChI is InChI=1S/C25H34N4O3/c1-25(2,3)19-11-7-10-18(12-19)14-26-16-22(30)20(13-17-8-5-4-6-9-17)28-23(31)21-15-27-24(32)29-21/h4-12,20-22,26,30H,13-16H2,1-3H3,(H,28,31)(H2,27,29,32)/t20-,21-,22+/m0/s1. The normalized spacial score (nSPS) is 17.9. The third kappa shape index (κ3) is 6.80. The van der Waals surface area contributed by atoms with E-state index in [9.17, 15) is 14.7 Å². The minimum absolute atomic E-state index is 0.0745. The lowest BCUT2D eigenvalue weighted by Gasteiger charge is -2.26. The van der Waals surface area contributed by atoms with Crippen molar-refractivity contribution in [2.24, 2.45) is 0 Å². The van der Waals surface area contributed by atoms with Gasteiger partial charge in [0.15, 0.2) is 0 Å². The first-order valence-corrected chi connectivity index (χ1v) is 11.1. The Morgan fingerprint density at radius 3 is 2.50 bits per heavy atom. The fourth-order valence-corrected chi connectivity index (χ4v) is 3.70. The fraction of sp³-hybridized carbons (Fsp3) is 0.440. The molecular formula is C25H34N4O3. The maximum Gasteiger partial charge on any atom is 0.315 e. The van der Waals surface area contributed by atoms with E-state index in [-0.39, 0.29) is 23.9 Å². The maximum atomic E-state index is 12.6. The van der Waals surface area contributed by atoms with Crippen LogP contribution in [0, 0.1) is 0 Å². The van der Waals surface area contributed by atoms with E-state index in [0.717, 1.165) is 11.1 Å². The van der Waals surface area contributed by atoms with E-state index < -0.39 is 18.2 Å². The Kier molecular flexibility index (Phi) is 7.88. The SMILES string of the molecule is CC(C)(C)c1cccc(CNC[C@@H](O)[C@H](Cc2ccccc2)NC(=O)[C@@H]2CNC(=O)N2)c1. The summed E-state index contributed by atoms with van der Waals surface area (Å²) in [5.74, 6) is -0.304. The third-order valence-electron chi connectivity index (χ3n) is 5.65. The molecule has 0 spiro atoms. The van der Waals surface area contributed by atoms with Gasteiger partial charge in [0.1, 0.15) is 6.04 Å². The second-order valence-electron chi connectivity index (χ2n) is 9.36. The first kappa shape index (κ1) is 23.8. The highest BCUT2D eigenvalue weighted by molar-refractivity contribution is 5.90. The lowest BCUT2D eigenvalue weighted by atomic mass is 9.86. The van der Waals surface area contributed by atoms with E-state index in [0.29, 0.717) is 19.5 Å². The quantitative estimate of drug-likeness (QED) is 0.412. The monoisotopic (exact) mass is 438 g/mol. The molecule has 0 aromatic heterocycles. The molecule has 3 rings (SSSR count). The van der Waals surface area contributed by atoms with Crippen LogP contribution in [0.2, 0.25) is 0 Å². The van der Waals surface area contributed by atoms with Crippen LogP contribution in [0.25, 0.3) is 0 Å². The van der Waals surface area contributed by atoms with E-state index in [4.69, 9.17) is 0 Å². The van der Waals surface area contributed by atoms with Crippen molar-refractivity contribution in [3.63, 3.8) is 0 Å². The Balaban J connectivity index is 1.60. The number of aliphatic hydroxyl groups is 1. The van der Waals surface area contributed by atoms with E-state index in [1.54, 1.807) is 0 Å². The van der Waals surface area contributed by atoms with E-state index >= 15 is 0 Å². The molecule has 7 heteroatoms. The number of amides is 3. The van der Waals surface area contributed by atoms with Crippen LogP contribution in [0.15, 0.2) is 54.6 Å². The molecule has 7 nitrogen and oxygen atoms in total. The Bertz CT molecular complexity index is 911. The number of hydrogen-bond donors (Lipinski definition) is 5. The van der Waals surface area contributed by atoms with Gasteiger partial charge < -0.3 is 26.4 Å². The van der Waals surface area contributed by atoms with Crippen molar-refractivity contribution >= 4 is 11.9 Å². The lowest BCUT2D eigenvalue weighted by Crippen LogP contribution is -2.53. The Morgan fingerprint density at radius 1 is 1.12 bits per heavy atom. The highest BCUT2D eigenvalue weighted by atomic mass is 16.3. The summed E-state index contributed by atoms with van der Waals surface area (Å²) >= 11 is 0. The number of hydrogen-bond acceptors (Lipinski definition) is 4. The Labute approximate surface area is 190 Å². The number of rotatable bonds is 9. The minimum Gasteiger partial charge on any atom is -0.390 e. The zero-order valence-corrected chi connectivity index (χ0v) is 19.0. The van der Waals surface area contributed by atoms with Gasteiger partial charge in [-0.2, -0.15) is 0 Å². The number of aliphatic hydroxyl groups excluding tert-OH is 1. The molecule has 1 heterocycles. The molecule has 32 heavy (non-hydrogen) atoms. The first-order valence-electron chi connectivity index (χ1n) is 11.1. The number of nitrogens with one attached hydrogen (secondary N) is 4. The smallest absolute Gasteiger partial charge is 0.315 e. The number of carbonyl (C=O) groups is 2. The molecule has 2 aromatic rings. The van der Waals surface area contributed by atoms with E-state index in [1.165, 1.54) is 5.56 Å². The minimum atomic E-state index is -0.796. The van der Waals surface area contributed by atoms with Crippen LogP contribution >= 0.6 is 0 Å². The zero-order chi connectivity index (χ0) is 23.1. The van der Waals surface area contributed by atoms with Crippen LogP contribution in [0.1, 0.15) is 37.5 Å². The summed E-state index contributed by atoms with van der Waals surface area (Å²) in [6.07, 6.45) is -0.307. The van der Waals surface area contributed by atoms with Crippen LogP contribution in [0.5, 0.6) is 0 Å². The van der Waals surface area contributed by atoms with Crippen molar-refractivity contribution in [1.82, 2.24) is 21.3 Å². The second kappa shape index (κ2) is 10.6. The molecule has 5 N–H and O–H groups in total. The van der Waals surface area contributed by atoms with E-state index in [1.807, 2.05) is 30.3 Å². The van der Waals surface area contributed by atoms with Crippen LogP contribution in [-0.2, 0) is 23.2 Å². The third-order valence-corrected chi connectivity index (χ3v) is 5.65. The number of urea groups is 1. The molecule has 3 amide bonds. The average Bonchev–Trinajstić information content (AvgIpc) is 3.20. The molecule has 1 fully saturated rings. The first-order chi connectivity index (χ1) is 15.2. The highest BCUT2D eigenvalue weighted by Crippen LogP contribution is 2.22. The number of benzene rings is 2. The van der Waals surface area contributed by atoms with Crippen molar-refractivity contribution in [2.75, 3.05) is 13.1 Å². The predicted molar refractivity (Wildman–Crippen MR) is 125 cm³/mol. The molecule has 1 aliphatic heterocycles. The summed E-state index contributed by atoms with van der Waals surface area (Å²) in [5, 5.41) is 22.3. The molecule has 0 unspecified atom stereocenters. The topological polar surface area (TPSA) is 102 Å². The highest BCUT2D eigenvalue weighted by Gasteiger charge is 2.30. The van der Waals surface area contributed by atoms with Crippen LogP contribution < -0.4 is 21.3 Å². The molecule has 0 radical (unpaired) electrons. The average molecular weight is 439 g/mol. The zero-order valence-electron chi connectivity index (χ0n) is 19.0. The summed E-state index contributed by atoms with van der Waals surface area (Å²) in [6, 6.07) is 16.7. The molecule has 1 saturated heterocycles. The van der Waals surface area contributed by atoms with Crippen molar-refractivity contribution in [2.45, 2.75) is 57.3 Å². The summed E-state index contributed by atoms with van der Waals surface area (Å²) in [7, 11) is 0. The van der Waals surface area contributed by atoms with Gasteiger partial charge in [-0.1, -0.05) is 75.4 Å². The van der Waals surface area contributed by atoms with Gasteiger partial charge in [-0.15, -0.1) is 0 Å². The summed E-state index contributed by atoms with van der Waals surface area (Å²) in [4.78, 5) is 24.0. The number of carbonyl (C=O) groups excluding carboxylic acids is 2. The van der Waals surface area contributed by atoms with Gasteiger partial charge in [-0.3, -0.25) is 4.79 Å². The van der Waals surface area contributed by atoms with Gasteiger partial charge in [0.25, 0.3) is 0 Å². The summed E-state index contributed by atoms with van der Waals surface area (Å²) in [6.45, 7) is 7.73. The van der Waals surface area contributed by atoms with Crippen LogP contribution in [0.4, 0.5) is 4.79 Å². The lowest BCUT2D eigenvalue weighted by molar-refractivity contribution is -0.124. The molecule has 2 aromatic carbocycles. The van der Waals surface area contributed by atoms with Gasteiger partial charge in [0, 0.05) is 19.6 Å². The van der Waals surface area contributed by atoms with Crippen molar-refractivity contribution in [1.29, 1.82) is 0 Å². The Hall–Kier alpha value is -2.90. The molecule has 172 valence electrons. The van der Waals surface area contributed by atoms with Gasteiger partial charge in [-0.05, 0) is 28.5 Å². The molecular weight excluding hydrogens is 404 g/mol. The molecule has 0 aliphatic carbocycles. The summed E-state index contributed by atoms with van der Waals surface area (Å²) in [5.41, 5.74) is 3.50. The molecule has 3 atom stereocenters. The fourth-order valence-electron chi connectivity index (χ4n) is 3.70. The van der Waals surface area contributed by atoms with Gasteiger partial charge in [-0.25, -0.2) is 4.79 Å². The predicted octanol–water partition coefficient (Wildman–Crippen LogP) is 1.84. The molecule has 0 saturated carbocycles. The molecule has 0 bridgehead atoms. The summed E-state index contributed by atoms with van der Waals surface area (Å²) < 4.78 is 0. The van der Waals surface area contributed by atoms with Gasteiger partial charge >= 0.3 is 6.03 Å². The van der Waals surface area contributed by atoms with E-state index in [2.05, 4.69) is 66.3 Å². The second-order valence-corrected chi connectivity index (χ2v) is 9.36. The Morgan fingerprint density at radius 2 is 1.84 bits per heavy atom. The van der Waals surface area contributed by atoms with Gasteiger partial charge in [0.05, 0.1) is 12.1 Å². The van der Waals surface area contributed by atoms with Gasteiger partial charge in [0.2, 0.25) is 5.91 Å². The van der Waals surface area contributed by atoms with Crippen molar-refractivity contribution in [3.8, 4) is 0 Å².